The monoisotopic (exact) mass is 192 g/mol. The molecule has 0 atom stereocenters. The fraction of sp³-hybridized carbons (Fsp3) is 0.200. The molecule has 2 nitrogen and oxygen atoms in total. The lowest BCUT2D eigenvalue weighted by molar-refractivity contribution is 0.495. The zero-order valence-corrected chi connectivity index (χ0v) is 8.34. The van der Waals surface area contributed by atoms with Gasteiger partial charge in [0, 0.05) is 5.70 Å². The Morgan fingerprint density at radius 3 is 2.69 bits per heavy atom. The fourth-order valence-electron chi connectivity index (χ4n) is 1.19. The van der Waals surface area contributed by atoms with E-state index in [2.05, 4.69) is 34.9 Å². The molecular weight excluding hydrogens is 180 g/mol. The summed E-state index contributed by atoms with van der Waals surface area (Å²) in [6, 6.07) is 10.2. The van der Waals surface area contributed by atoms with Crippen LogP contribution in [0.1, 0.15) is 6.92 Å². The molecule has 1 aliphatic rings. The first-order chi connectivity index (χ1) is 6.36. The molecule has 1 aliphatic heterocycles. The van der Waals surface area contributed by atoms with Crippen LogP contribution < -0.4 is 5.43 Å². The van der Waals surface area contributed by atoms with Gasteiger partial charge in [-0.2, -0.15) is 0 Å². The molecule has 1 N–H and O–H groups in total. The zero-order chi connectivity index (χ0) is 9.10. The van der Waals surface area contributed by atoms with Crippen molar-refractivity contribution in [3.05, 3.63) is 41.4 Å². The first-order valence-corrected chi connectivity index (χ1v) is 5.29. The van der Waals surface area contributed by atoms with Crippen molar-refractivity contribution in [3.8, 4) is 0 Å². The molecule has 0 bridgehead atoms. The molecule has 0 saturated heterocycles. The van der Waals surface area contributed by atoms with Crippen molar-refractivity contribution in [2.75, 3.05) is 11.3 Å². The van der Waals surface area contributed by atoms with Crippen LogP contribution in [0.3, 0.4) is 0 Å². The molecule has 0 saturated carbocycles. The van der Waals surface area contributed by atoms with Gasteiger partial charge in [0.05, 0.1) is 11.6 Å². The van der Waals surface area contributed by atoms with Gasteiger partial charge < -0.3 is 0 Å². The van der Waals surface area contributed by atoms with E-state index in [4.69, 9.17) is 0 Å². The van der Waals surface area contributed by atoms with E-state index < -0.39 is 0 Å². The van der Waals surface area contributed by atoms with Gasteiger partial charge in [-0.05, 0) is 24.5 Å². The van der Waals surface area contributed by atoms with Crippen LogP contribution >= 0.6 is 11.8 Å². The predicted molar refractivity (Wildman–Crippen MR) is 58.1 cm³/mol. The number of hydrogen-bond acceptors (Lipinski definition) is 3. The number of benzene rings is 1. The number of anilines is 1. The first-order valence-electron chi connectivity index (χ1n) is 4.24. The standard InChI is InChI=1S/C10H12N2S/c1-9-7-13-8-12(9)11-10-5-3-2-4-6-10/h2-7,11H,8H2,1H3. The Hall–Kier alpha value is -1.09. The number of allylic oxidation sites excluding steroid dienone is 1. The van der Waals surface area contributed by atoms with Crippen LogP contribution in [0.5, 0.6) is 0 Å². The van der Waals surface area contributed by atoms with Crippen molar-refractivity contribution in [1.29, 1.82) is 0 Å². The van der Waals surface area contributed by atoms with Gasteiger partial charge in [-0.3, -0.25) is 10.4 Å². The molecule has 0 amide bonds. The third-order valence-corrected chi connectivity index (χ3v) is 2.84. The van der Waals surface area contributed by atoms with Crippen LogP contribution in [-0.4, -0.2) is 10.9 Å². The Labute approximate surface area is 82.6 Å². The zero-order valence-electron chi connectivity index (χ0n) is 7.53. The Morgan fingerprint density at radius 2 is 2.08 bits per heavy atom. The first kappa shape index (κ1) is 8.51. The summed E-state index contributed by atoms with van der Waals surface area (Å²) in [4.78, 5) is 0. The molecule has 0 aliphatic carbocycles. The molecule has 2 rings (SSSR count). The predicted octanol–water partition coefficient (Wildman–Crippen LogP) is 2.88. The second kappa shape index (κ2) is 3.75. The molecule has 0 aromatic heterocycles. The van der Waals surface area contributed by atoms with Gasteiger partial charge in [0.25, 0.3) is 0 Å². The summed E-state index contributed by atoms with van der Waals surface area (Å²) in [6.45, 7) is 2.11. The molecular formula is C10H12N2S. The minimum absolute atomic E-state index is 0.987. The Kier molecular flexibility index (Phi) is 2.45. The van der Waals surface area contributed by atoms with Crippen molar-refractivity contribution >= 4 is 17.4 Å². The number of rotatable bonds is 2. The highest BCUT2D eigenvalue weighted by atomic mass is 32.2. The molecule has 0 fully saturated rings. The summed E-state index contributed by atoms with van der Waals surface area (Å²) >= 11 is 1.81. The van der Waals surface area contributed by atoms with Crippen molar-refractivity contribution < 1.29 is 0 Å². The maximum atomic E-state index is 3.33. The lowest BCUT2D eigenvalue weighted by Crippen LogP contribution is -2.24. The minimum Gasteiger partial charge on any atom is -0.298 e. The van der Waals surface area contributed by atoms with Gasteiger partial charge >= 0.3 is 0 Å². The number of thioether (sulfide) groups is 1. The highest BCUT2D eigenvalue weighted by Crippen LogP contribution is 2.22. The lowest BCUT2D eigenvalue weighted by atomic mass is 10.3. The van der Waals surface area contributed by atoms with Gasteiger partial charge in [-0.15, -0.1) is 11.8 Å². The van der Waals surface area contributed by atoms with E-state index in [0.717, 1.165) is 11.6 Å². The minimum atomic E-state index is 0.987. The van der Waals surface area contributed by atoms with E-state index in [1.807, 2.05) is 30.0 Å². The Bertz CT molecular complexity index is 308. The van der Waals surface area contributed by atoms with E-state index in [-0.39, 0.29) is 0 Å². The summed E-state index contributed by atoms with van der Waals surface area (Å²) in [6.07, 6.45) is 0. The summed E-state index contributed by atoms with van der Waals surface area (Å²) in [5.74, 6) is 0.987. The quantitative estimate of drug-likeness (QED) is 0.775. The second-order valence-corrected chi connectivity index (χ2v) is 3.79. The number of nitrogens with zero attached hydrogens (tertiary/aromatic N) is 1. The molecule has 1 heterocycles. The summed E-state index contributed by atoms with van der Waals surface area (Å²) in [5, 5.41) is 4.30. The third kappa shape index (κ3) is 1.98. The third-order valence-electron chi connectivity index (χ3n) is 1.92. The van der Waals surface area contributed by atoms with E-state index in [1.54, 1.807) is 0 Å². The van der Waals surface area contributed by atoms with Gasteiger partial charge in [-0.25, -0.2) is 0 Å². The highest BCUT2D eigenvalue weighted by molar-refractivity contribution is 8.02. The van der Waals surface area contributed by atoms with E-state index in [1.165, 1.54) is 5.70 Å². The fourth-order valence-corrected chi connectivity index (χ4v) is 2.05. The summed E-state index contributed by atoms with van der Waals surface area (Å²) in [7, 11) is 0. The number of nitrogens with one attached hydrogen (secondary N) is 1. The van der Waals surface area contributed by atoms with E-state index >= 15 is 0 Å². The maximum Gasteiger partial charge on any atom is 0.0885 e. The van der Waals surface area contributed by atoms with Crippen molar-refractivity contribution in [3.63, 3.8) is 0 Å². The van der Waals surface area contributed by atoms with Gasteiger partial charge in [0.1, 0.15) is 0 Å². The average Bonchev–Trinajstić information content (AvgIpc) is 2.54. The SMILES string of the molecule is CC1=CSCN1Nc1ccccc1. The second-order valence-electron chi connectivity index (χ2n) is 2.96. The summed E-state index contributed by atoms with van der Waals surface area (Å²) < 4.78 is 0. The normalized spacial score (nSPS) is 15.8. The van der Waals surface area contributed by atoms with Crippen LogP contribution in [0.4, 0.5) is 5.69 Å². The molecule has 0 spiro atoms. The van der Waals surface area contributed by atoms with Crippen LogP contribution in [0, 0.1) is 0 Å². The molecule has 0 radical (unpaired) electrons. The molecule has 13 heavy (non-hydrogen) atoms. The molecule has 1 aromatic rings. The topological polar surface area (TPSA) is 15.3 Å². The van der Waals surface area contributed by atoms with Crippen LogP contribution in [0.15, 0.2) is 41.4 Å². The van der Waals surface area contributed by atoms with Crippen molar-refractivity contribution in [1.82, 2.24) is 5.01 Å². The van der Waals surface area contributed by atoms with Crippen LogP contribution in [0.2, 0.25) is 0 Å². The lowest BCUT2D eigenvalue weighted by Gasteiger charge is -2.21. The smallest absolute Gasteiger partial charge is 0.0885 e. The van der Waals surface area contributed by atoms with E-state index in [0.29, 0.717) is 0 Å². The number of para-hydroxylation sites is 1. The Balaban J connectivity index is 2.03. The van der Waals surface area contributed by atoms with Gasteiger partial charge in [0.15, 0.2) is 0 Å². The highest BCUT2D eigenvalue weighted by Gasteiger charge is 2.10. The Morgan fingerprint density at radius 1 is 1.31 bits per heavy atom. The molecule has 3 heteroatoms. The molecule has 0 unspecified atom stereocenters. The largest absolute Gasteiger partial charge is 0.298 e. The van der Waals surface area contributed by atoms with Gasteiger partial charge in [-0.1, -0.05) is 18.2 Å². The van der Waals surface area contributed by atoms with Crippen LogP contribution in [-0.2, 0) is 0 Å². The number of hydrazine groups is 1. The maximum absolute atomic E-state index is 3.33. The summed E-state index contributed by atoms with van der Waals surface area (Å²) in [5.41, 5.74) is 5.74. The van der Waals surface area contributed by atoms with Gasteiger partial charge in [0.2, 0.25) is 0 Å². The van der Waals surface area contributed by atoms with E-state index in [9.17, 15) is 0 Å². The van der Waals surface area contributed by atoms with Crippen molar-refractivity contribution in [2.24, 2.45) is 0 Å². The molecule has 68 valence electrons. The average molecular weight is 192 g/mol. The van der Waals surface area contributed by atoms with Crippen LogP contribution in [0.25, 0.3) is 0 Å². The number of hydrogen-bond donors (Lipinski definition) is 1. The van der Waals surface area contributed by atoms with Crippen molar-refractivity contribution in [2.45, 2.75) is 6.92 Å². The molecule has 1 aromatic carbocycles.